The molecule has 4 heteroatoms. The molecule has 0 atom stereocenters. The molecule has 0 amide bonds. The molecule has 4 saturated carbocycles. The maximum Gasteiger partial charge on any atom is 0.181 e. The summed E-state index contributed by atoms with van der Waals surface area (Å²) in [7, 11) is 0. The van der Waals surface area contributed by atoms with Gasteiger partial charge in [0.1, 0.15) is 5.15 Å². The lowest BCUT2D eigenvalue weighted by Gasteiger charge is -2.56. The Morgan fingerprint density at radius 2 is 1.65 bits per heavy atom. The van der Waals surface area contributed by atoms with Crippen molar-refractivity contribution >= 4 is 28.1 Å². The van der Waals surface area contributed by atoms with Crippen LogP contribution in [0.3, 0.4) is 0 Å². The second-order valence-electron chi connectivity index (χ2n) is 6.37. The summed E-state index contributed by atoms with van der Waals surface area (Å²) in [5, 5.41) is 1.33. The molecule has 2 N–H and O–H groups in total. The van der Waals surface area contributed by atoms with Crippen molar-refractivity contribution in [3.8, 4) is 0 Å². The lowest BCUT2D eigenvalue weighted by atomic mass is 9.49. The summed E-state index contributed by atoms with van der Waals surface area (Å²) in [6.07, 6.45) is 8.39. The third-order valence-electron chi connectivity index (χ3n) is 5.12. The van der Waals surface area contributed by atoms with Crippen molar-refractivity contribution < 1.29 is 0 Å². The van der Waals surface area contributed by atoms with Crippen LogP contribution in [0, 0.1) is 17.8 Å². The number of nitrogens with zero attached hydrogens (tertiary/aromatic N) is 1. The molecule has 17 heavy (non-hydrogen) atoms. The number of thiazole rings is 1. The predicted octanol–water partition coefficient (Wildman–Crippen LogP) is 3.85. The molecule has 1 heterocycles. The van der Waals surface area contributed by atoms with Gasteiger partial charge in [-0.2, -0.15) is 0 Å². The second-order valence-corrected chi connectivity index (χ2v) is 7.76. The third-order valence-corrected chi connectivity index (χ3v) is 6.64. The zero-order chi connectivity index (χ0) is 11.6. The zero-order valence-electron chi connectivity index (χ0n) is 9.79. The van der Waals surface area contributed by atoms with Crippen molar-refractivity contribution in [2.24, 2.45) is 17.8 Å². The largest absolute Gasteiger partial charge is 0.375 e. The molecule has 1 aromatic rings. The van der Waals surface area contributed by atoms with Crippen LogP contribution >= 0.6 is 22.9 Å². The SMILES string of the molecule is Nc1nc(Cl)c(C23CC4CC(CC(C4)C2)C3)s1. The minimum atomic E-state index is 0.348. The van der Waals surface area contributed by atoms with Gasteiger partial charge in [0.05, 0.1) is 4.88 Å². The number of rotatable bonds is 1. The Hall–Kier alpha value is -0.280. The van der Waals surface area contributed by atoms with E-state index < -0.39 is 0 Å². The average molecular weight is 269 g/mol. The maximum absolute atomic E-state index is 6.30. The van der Waals surface area contributed by atoms with Crippen molar-refractivity contribution in [2.45, 2.75) is 43.9 Å². The molecular formula is C13H17ClN2S. The Balaban J connectivity index is 1.79. The van der Waals surface area contributed by atoms with Crippen LogP contribution in [-0.4, -0.2) is 4.98 Å². The molecule has 0 saturated heterocycles. The van der Waals surface area contributed by atoms with Crippen molar-refractivity contribution in [1.29, 1.82) is 0 Å². The highest BCUT2D eigenvalue weighted by Gasteiger charge is 2.53. The van der Waals surface area contributed by atoms with Crippen LogP contribution in [0.4, 0.5) is 5.13 Å². The van der Waals surface area contributed by atoms with E-state index in [-0.39, 0.29) is 0 Å². The summed E-state index contributed by atoms with van der Waals surface area (Å²) >= 11 is 7.94. The van der Waals surface area contributed by atoms with Crippen molar-refractivity contribution in [2.75, 3.05) is 5.73 Å². The summed E-state index contributed by atoms with van der Waals surface area (Å²) in [5.41, 5.74) is 6.17. The molecule has 92 valence electrons. The smallest absolute Gasteiger partial charge is 0.181 e. The average Bonchev–Trinajstić information content (AvgIpc) is 2.56. The maximum atomic E-state index is 6.30. The molecule has 4 aliphatic carbocycles. The van der Waals surface area contributed by atoms with Gasteiger partial charge in [0, 0.05) is 5.41 Å². The van der Waals surface area contributed by atoms with Gasteiger partial charge in [-0.3, -0.25) is 0 Å². The van der Waals surface area contributed by atoms with Gasteiger partial charge in [0.25, 0.3) is 0 Å². The van der Waals surface area contributed by atoms with Crippen LogP contribution in [0.25, 0.3) is 0 Å². The van der Waals surface area contributed by atoms with E-state index in [2.05, 4.69) is 4.98 Å². The van der Waals surface area contributed by atoms with Gasteiger partial charge in [0.15, 0.2) is 5.13 Å². The summed E-state index contributed by atoms with van der Waals surface area (Å²) < 4.78 is 0. The predicted molar refractivity (Wildman–Crippen MR) is 71.4 cm³/mol. The highest BCUT2D eigenvalue weighted by atomic mass is 35.5. The van der Waals surface area contributed by atoms with Crippen molar-refractivity contribution in [3.05, 3.63) is 10.0 Å². The first-order valence-corrected chi connectivity index (χ1v) is 7.76. The number of nitrogen functional groups attached to an aromatic ring is 1. The normalized spacial score (nSPS) is 43.2. The fourth-order valence-electron chi connectivity index (χ4n) is 5.03. The standard InChI is InChI=1S/C13H17ClN2S/c14-11-10(17-12(15)16-11)13-4-7-1-8(5-13)3-9(2-7)6-13/h7-9H,1-6H2,(H2,15,16). The van der Waals surface area contributed by atoms with E-state index in [1.54, 1.807) is 11.3 Å². The van der Waals surface area contributed by atoms with Crippen LogP contribution in [-0.2, 0) is 5.41 Å². The number of aromatic nitrogens is 1. The molecule has 0 spiro atoms. The van der Waals surface area contributed by atoms with E-state index in [1.165, 1.54) is 43.4 Å². The molecule has 1 aromatic heterocycles. The van der Waals surface area contributed by atoms with E-state index >= 15 is 0 Å². The summed E-state index contributed by atoms with van der Waals surface area (Å²) in [6, 6.07) is 0. The van der Waals surface area contributed by atoms with Gasteiger partial charge in [-0.05, 0) is 56.3 Å². The van der Waals surface area contributed by atoms with Gasteiger partial charge in [-0.25, -0.2) is 4.98 Å². The lowest BCUT2D eigenvalue weighted by Crippen LogP contribution is -2.48. The number of hydrogen-bond acceptors (Lipinski definition) is 3. The van der Waals surface area contributed by atoms with E-state index in [1.807, 2.05) is 0 Å². The minimum absolute atomic E-state index is 0.348. The second kappa shape index (κ2) is 3.39. The zero-order valence-corrected chi connectivity index (χ0v) is 11.4. The third kappa shape index (κ3) is 1.48. The molecule has 0 aliphatic heterocycles. The first-order chi connectivity index (χ1) is 8.14. The highest BCUT2D eigenvalue weighted by molar-refractivity contribution is 7.16. The fourth-order valence-corrected chi connectivity index (χ4v) is 6.43. The van der Waals surface area contributed by atoms with Gasteiger partial charge in [-0.15, -0.1) is 11.3 Å². The molecule has 0 unspecified atom stereocenters. The van der Waals surface area contributed by atoms with Gasteiger partial charge < -0.3 is 5.73 Å². The van der Waals surface area contributed by atoms with Gasteiger partial charge >= 0.3 is 0 Å². The van der Waals surface area contributed by atoms with Crippen LogP contribution in [0.1, 0.15) is 43.4 Å². The Labute approximate surface area is 111 Å². The van der Waals surface area contributed by atoms with E-state index in [4.69, 9.17) is 17.3 Å². The first kappa shape index (κ1) is 10.6. The van der Waals surface area contributed by atoms with Crippen LogP contribution < -0.4 is 5.73 Å². The minimum Gasteiger partial charge on any atom is -0.375 e. The van der Waals surface area contributed by atoms with Crippen LogP contribution in [0.15, 0.2) is 0 Å². The molecule has 0 aromatic carbocycles. The molecule has 4 bridgehead atoms. The Morgan fingerprint density at radius 1 is 1.12 bits per heavy atom. The molecule has 2 nitrogen and oxygen atoms in total. The summed E-state index contributed by atoms with van der Waals surface area (Å²) in [4.78, 5) is 5.53. The number of hydrogen-bond donors (Lipinski definition) is 1. The van der Waals surface area contributed by atoms with Crippen LogP contribution in [0.2, 0.25) is 5.15 Å². The first-order valence-electron chi connectivity index (χ1n) is 6.57. The summed E-state index contributed by atoms with van der Waals surface area (Å²) in [6.45, 7) is 0. The molecule has 4 fully saturated rings. The number of halogens is 1. The Kier molecular flexibility index (Phi) is 2.12. The Morgan fingerprint density at radius 3 is 2.06 bits per heavy atom. The summed E-state index contributed by atoms with van der Waals surface area (Å²) in [5.74, 6) is 2.84. The molecule has 5 rings (SSSR count). The van der Waals surface area contributed by atoms with E-state index in [0.29, 0.717) is 15.7 Å². The van der Waals surface area contributed by atoms with Gasteiger partial charge in [-0.1, -0.05) is 11.6 Å². The molecule has 0 radical (unpaired) electrons. The van der Waals surface area contributed by atoms with E-state index in [0.717, 1.165) is 17.8 Å². The molecular weight excluding hydrogens is 252 g/mol. The number of anilines is 1. The quantitative estimate of drug-likeness (QED) is 0.840. The topological polar surface area (TPSA) is 38.9 Å². The molecule has 4 aliphatic rings. The van der Waals surface area contributed by atoms with E-state index in [9.17, 15) is 0 Å². The fraction of sp³-hybridized carbons (Fsp3) is 0.769. The number of nitrogens with two attached hydrogens (primary N) is 1. The van der Waals surface area contributed by atoms with Crippen molar-refractivity contribution in [3.63, 3.8) is 0 Å². The van der Waals surface area contributed by atoms with Crippen LogP contribution in [0.5, 0.6) is 0 Å². The lowest BCUT2D eigenvalue weighted by molar-refractivity contribution is -0.00351. The monoisotopic (exact) mass is 268 g/mol. The van der Waals surface area contributed by atoms with Crippen molar-refractivity contribution in [1.82, 2.24) is 4.98 Å². The highest BCUT2D eigenvalue weighted by Crippen LogP contribution is 2.62. The van der Waals surface area contributed by atoms with Gasteiger partial charge in [0.2, 0.25) is 0 Å². The Bertz CT molecular complexity index is 433.